The number of rotatable bonds is 1. The van der Waals surface area contributed by atoms with Crippen molar-refractivity contribution in [1.29, 1.82) is 0 Å². The minimum absolute atomic E-state index is 0.00703. The predicted molar refractivity (Wildman–Crippen MR) is 73.5 cm³/mol. The second kappa shape index (κ2) is 5.79. The number of piperidine rings is 1. The van der Waals surface area contributed by atoms with E-state index in [1.165, 1.54) is 17.0 Å². The van der Waals surface area contributed by atoms with E-state index in [1.54, 1.807) is 6.07 Å². The molecular formula is C14H16ClFN2O2. The molecule has 0 bridgehead atoms. The van der Waals surface area contributed by atoms with Crippen molar-refractivity contribution in [3.05, 3.63) is 34.6 Å². The number of carbonyl (C=O) groups is 2. The maximum Gasteiger partial charge on any atom is 0.312 e. The number of nitrogens with two attached hydrogens (primary N) is 1. The van der Waals surface area contributed by atoms with Gasteiger partial charge in [-0.05, 0) is 36.5 Å². The van der Waals surface area contributed by atoms with E-state index in [2.05, 4.69) is 0 Å². The highest BCUT2D eigenvalue weighted by Gasteiger charge is 2.33. The Labute approximate surface area is 121 Å². The van der Waals surface area contributed by atoms with Crippen molar-refractivity contribution in [1.82, 2.24) is 4.90 Å². The van der Waals surface area contributed by atoms with Gasteiger partial charge in [-0.2, -0.15) is 0 Å². The van der Waals surface area contributed by atoms with E-state index in [4.69, 9.17) is 17.3 Å². The maximum absolute atomic E-state index is 13.2. The van der Waals surface area contributed by atoms with Crippen LogP contribution in [0.5, 0.6) is 0 Å². The summed E-state index contributed by atoms with van der Waals surface area (Å²) in [6, 6.07) is 4.06. The van der Waals surface area contributed by atoms with Crippen molar-refractivity contribution in [2.45, 2.75) is 25.8 Å². The lowest BCUT2D eigenvalue weighted by molar-refractivity contribution is -0.147. The van der Waals surface area contributed by atoms with Crippen molar-refractivity contribution in [2.75, 3.05) is 6.54 Å². The fourth-order valence-corrected chi connectivity index (χ4v) is 2.77. The number of carbonyl (C=O) groups excluding carboxylic acids is 2. The van der Waals surface area contributed by atoms with Gasteiger partial charge in [0.15, 0.2) is 0 Å². The third kappa shape index (κ3) is 2.93. The lowest BCUT2D eigenvalue weighted by atomic mass is 9.90. The van der Waals surface area contributed by atoms with Gasteiger partial charge in [0, 0.05) is 6.54 Å². The molecule has 1 aromatic carbocycles. The first-order chi connectivity index (χ1) is 9.40. The van der Waals surface area contributed by atoms with Crippen LogP contribution in [-0.2, 0) is 9.59 Å². The van der Waals surface area contributed by atoms with Crippen molar-refractivity contribution < 1.29 is 14.0 Å². The number of likely N-dealkylation sites (tertiary alicyclic amines) is 1. The Morgan fingerprint density at radius 1 is 1.40 bits per heavy atom. The fraction of sp³-hybridized carbons (Fsp3) is 0.429. The van der Waals surface area contributed by atoms with E-state index in [9.17, 15) is 14.0 Å². The summed E-state index contributed by atoms with van der Waals surface area (Å²) in [6.45, 7) is 2.47. The van der Waals surface area contributed by atoms with Crippen molar-refractivity contribution in [3.8, 4) is 0 Å². The van der Waals surface area contributed by atoms with Gasteiger partial charge in [0.2, 0.25) is 0 Å². The number of hydrogen-bond donors (Lipinski definition) is 1. The largest absolute Gasteiger partial charge is 0.361 e. The summed E-state index contributed by atoms with van der Waals surface area (Å²) in [5, 5.41) is 0.00703. The maximum atomic E-state index is 13.2. The number of amides is 2. The summed E-state index contributed by atoms with van der Waals surface area (Å²) in [7, 11) is 0. The molecule has 0 aliphatic carbocycles. The molecule has 6 heteroatoms. The zero-order valence-electron chi connectivity index (χ0n) is 11.1. The number of hydrogen-bond acceptors (Lipinski definition) is 2. The van der Waals surface area contributed by atoms with E-state index >= 15 is 0 Å². The van der Waals surface area contributed by atoms with E-state index in [0.29, 0.717) is 18.9 Å². The Balaban J connectivity index is 2.33. The van der Waals surface area contributed by atoms with Crippen molar-refractivity contribution >= 4 is 23.4 Å². The monoisotopic (exact) mass is 298 g/mol. The lowest BCUT2D eigenvalue weighted by Gasteiger charge is -2.38. The third-order valence-electron chi connectivity index (χ3n) is 3.62. The van der Waals surface area contributed by atoms with Crippen LogP contribution < -0.4 is 5.73 Å². The van der Waals surface area contributed by atoms with E-state index in [-0.39, 0.29) is 11.1 Å². The zero-order valence-corrected chi connectivity index (χ0v) is 11.9. The first-order valence-electron chi connectivity index (χ1n) is 6.45. The SMILES string of the molecule is CC1CCC(c2ccc(F)c(Cl)c2)N(C(=O)C(N)=O)C1. The third-order valence-corrected chi connectivity index (χ3v) is 3.91. The average Bonchev–Trinajstić information content (AvgIpc) is 2.41. The molecule has 2 rings (SSSR count). The number of benzene rings is 1. The topological polar surface area (TPSA) is 63.4 Å². The van der Waals surface area contributed by atoms with Gasteiger partial charge in [0.05, 0.1) is 11.1 Å². The molecule has 2 amide bonds. The highest BCUT2D eigenvalue weighted by atomic mass is 35.5. The Hall–Kier alpha value is -1.62. The molecule has 0 aromatic heterocycles. The van der Waals surface area contributed by atoms with Crippen LogP contribution in [-0.4, -0.2) is 23.3 Å². The Morgan fingerprint density at radius 3 is 2.70 bits per heavy atom. The van der Waals surface area contributed by atoms with Gasteiger partial charge in [-0.1, -0.05) is 24.6 Å². The zero-order chi connectivity index (χ0) is 14.9. The molecule has 2 N–H and O–H groups in total. The smallest absolute Gasteiger partial charge is 0.312 e. The average molecular weight is 299 g/mol. The molecule has 2 unspecified atom stereocenters. The Morgan fingerprint density at radius 2 is 2.10 bits per heavy atom. The number of halogens is 2. The van der Waals surface area contributed by atoms with Crippen LogP contribution >= 0.6 is 11.6 Å². The van der Waals surface area contributed by atoms with Crippen LogP contribution in [0.1, 0.15) is 31.4 Å². The first kappa shape index (κ1) is 14.8. The molecule has 108 valence electrons. The second-order valence-corrected chi connectivity index (χ2v) is 5.60. The molecule has 1 saturated heterocycles. The van der Waals surface area contributed by atoms with Crippen LogP contribution in [0.15, 0.2) is 18.2 Å². The second-order valence-electron chi connectivity index (χ2n) is 5.19. The molecule has 1 aromatic rings. The van der Waals surface area contributed by atoms with Crippen LogP contribution in [0.2, 0.25) is 5.02 Å². The van der Waals surface area contributed by atoms with Gasteiger partial charge in [-0.15, -0.1) is 0 Å². The molecule has 4 nitrogen and oxygen atoms in total. The van der Waals surface area contributed by atoms with Crippen molar-refractivity contribution in [2.24, 2.45) is 11.7 Å². The fourth-order valence-electron chi connectivity index (χ4n) is 2.58. The minimum Gasteiger partial charge on any atom is -0.361 e. The first-order valence-corrected chi connectivity index (χ1v) is 6.83. The molecule has 0 saturated carbocycles. The van der Waals surface area contributed by atoms with Gasteiger partial charge in [0.1, 0.15) is 5.82 Å². The summed E-state index contributed by atoms with van der Waals surface area (Å²) in [4.78, 5) is 24.5. The number of primary amides is 1. The normalized spacial score (nSPS) is 22.6. The standard InChI is InChI=1S/C14H16ClFN2O2/c1-8-2-5-12(18(7-8)14(20)13(17)19)9-3-4-11(16)10(15)6-9/h3-4,6,8,12H,2,5,7H2,1H3,(H2,17,19). The highest BCUT2D eigenvalue weighted by Crippen LogP contribution is 2.34. The van der Waals surface area contributed by atoms with Gasteiger partial charge < -0.3 is 10.6 Å². The summed E-state index contributed by atoms with van der Waals surface area (Å²) >= 11 is 5.78. The lowest BCUT2D eigenvalue weighted by Crippen LogP contribution is -2.46. The van der Waals surface area contributed by atoms with E-state index in [0.717, 1.165) is 12.0 Å². The Kier molecular flexibility index (Phi) is 4.28. The van der Waals surface area contributed by atoms with Crippen LogP contribution in [0.4, 0.5) is 4.39 Å². The quantitative estimate of drug-likeness (QED) is 0.808. The molecule has 1 aliphatic rings. The van der Waals surface area contributed by atoms with Crippen LogP contribution in [0, 0.1) is 11.7 Å². The molecule has 20 heavy (non-hydrogen) atoms. The van der Waals surface area contributed by atoms with Crippen LogP contribution in [0.3, 0.4) is 0 Å². The van der Waals surface area contributed by atoms with Gasteiger partial charge in [-0.25, -0.2) is 4.39 Å². The molecule has 2 atom stereocenters. The van der Waals surface area contributed by atoms with Gasteiger partial charge in [0.25, 0.3) is 0 Å². The summed E-state index contributed by atoms with van der Waals surface area (Å²) < 4.78 is 13.2. The predicted octanol–water partition coefficient (Wildman–Crippen LogP) is 2.26. The van der Waals surface area contributed by atoms with Crippen LogP contribution in [0.25, 0.3) is 0 Å². The van der Waals surface area contributed by atoms with Crippen molar-refractivity contribution in [3.63, 3.8) is 0 Å². The molecular weight excluding hydrogens is 283 g/mol. The van der Waals surface area contributed by atoms with E-state index in [1.807, 2.05) is 6.92 Å². The van der Waals surface area contributed by atoms with E-state index < -0.39 is 17.6 Å². The summed E-state index contributed by atoms with van der Waals surface area (Å²) in [5.41, 5.74) is 5.81. The molecule has 1 aliphatic heterocycles. The molecule has 1 heterocycles. The minimum atomic E-state index is -0.975. The number of nitrogens with zero attached hydrogens (tertiary/aromatic N) is 1. The van der Waals surface area contributed by atoms with Gasteiger partial charge >= 0.3 is 11.8 Å². The Bertz CT molecular complexity index is 550. The summed E-state index contributed by atoms with van der Waals surface area (Å²) in [6.07, 6.45) is 1.62. The summed E-state index contributed by atoms with van der Waals surface area (Å²) in [5.74, 6) is -1.89. The highest BCUT2D eigenvalue weighted by molar-refractivity contribution is 6.34. The molecule has 0 spiro atoms. The van der Waals surface area contributed by atoms with Gasteiger partial charge in [-0.3, -0.25) is 9.59 Å². The molecule has 1 fully saturated rings. The molecule has 0 radical (unpaired) electrons.